The Hall–Kier alpha value is -5.15. The van der Waals surface area contributed by atoms with Gasteiger partial charge in [-0.25, -0.2) is 10.4 Å². The zero-order valence-corrected chi connectivity index (χ0v) is 24.0. The number of fused-ring (bicyclic) bond motifs is 3. The summed E-state index contributed by atoms with van der Waals surface area (Å²) in [6.45, 7) is 0.661. The first-order chi connectivity index (χ1) is 21.6. The molecule has 0 fully saturated rings. The van der Waals surface area contributed by atoms with E-state index in [1.165, 1.54) is 0 Å². The summed E-state index contributed by atoms with van der Waals surface area (Å²) >= 11 is 0. The number of hydrogen-bond acceptors (Lipinski definition) is 7. The summed E-state index contributed by atoms with van der Waals surface area (Å²) in [6.07, 6.45) is 0.781. The summed E-state index contributed by atoms with van der Waals surface area (Å²) in [5, 5.41) is 12.8. The fourth-order valence-electron chi connectivity index (χ4n) is 5.70. The van der Waals surface area contributed by atoms with Gasteiger partial charge in [0.05, 0.1) is 19.2 Å². The Morgan fingerprint density at radius 1 is 0.977 bits per heavy atom. The highest BCUT2D eigenvalue weighted by molar-refractivity contribution is 6.00. The largest absolute Gasteiger partial charge is 0.494 e. The number of rotatable bonds is 12. The van der Waals surface area contributed by atoms with Crippen LogP contribution >= 0.6 is 0 Å². The lowest BCUT2D eigenvalue weighted by atomic mass is 9.89. The van der Waals surface area contributed by atoms with Gasteiger partial charge < -0.3 is 14.6 Å². The van der Waals surface area contributed by atoms with Crippen molar-refractivity contribution in [2.45, 2.75) is 31.0 Å². The van der Waals surface area contributed by atoms with Crippen LogP contribution in [0.3, 0.4) is 0 Å². The maximum absolute atomic E-state index is 14.2. The number of benzene rings is 4. The Bertz CT molecular complexity index is 1690. The van der Waals surface area contributed by atoms with E-state index in [-0.39, 0.29) is 38.1 Å². The Balaban J connectivity index is 1.29. The summed E-state index contributed by atoms with van der Waals surface area (Å²) in [6, 6.07) is 30.9. The van der Waals surface area contributed by atoms with E-state index in [1.54, 1.807) is 0 Å². The fraction of sp³-hybridized carbons (Fsp3) is 0.235. The second-order valence-corrected chi connectivity index (χ2v) is 10.7. The lowest BCUT2D eigenvalue weighted by molar-refractivity contribution is -0.127. The number of hydrogen-bond donors (Lipinski definition) is 3. The third-order valence-electron chi connectivity index (χ3n) is 7.93. The Morgan fingerprint density at radius 3 is 2.32 bits per heavy atom. The van der Waals surface area contributed by atoms with E-state index in [4.69, 9.17) is 25.1 Å². The number of aliphatic hydroxyl groups excluding tert-OH is 1. The Labute approximate surface area is 255 Å². The van der Waals surface area contributed by atoms with E-state index in [2.05, 4.69) is 45.1 Å². The molecule has 4 aromatic rings. The van der Waals surface area contributed by atoms with Crippen LogP contribution in [-0.4, -0.2) is 42.3 Å². The van der Waals surface area contributed by atoms with Gasteiger partial charge in [0.2, 0.25) is 5.90 Å². The molecular formula is C34H32N6O4. The molecule has 0 saturated carbocycles. The van der Waals surface area contributed by atoms with Crippen LogP contribution in [-0.2, 0) is 22.5 Å². The summed E-state index contributed by atoms with van der Waals surface area (Å²) < 4.78 is 11.7. The normalized spacial score (nSPS) is 16.7. The summed E-state index contributed by atoms with van der Waals surface area (Å²) in [5.41, 5.74) is 20.7. The lowest BCUT2D eigenvalue weighted by Crippen LogP contribution is -2.53. The van der Waals surface area contributed by atoms with Crippen molar-refractivity contribution < 1.29 is 19.4 Å². The van der Waals surface area contributed by atoms with Gasteiger partial charge in [0.15, 0.2) is 5.54 Å². The highest BCUT2D eigenvalue weighted by Gasteiger charge is 2.45. The van der Waals surface area contributed by atoms with Crippen LogP contribution in [0, 0.1) is 0 Å². The highest BCUT2D eigenvalue weighted by Crippen LogP contribution is 2.42. The number of carbonyl (C=O) groups excluding carboxylic acids is 1. The number of hydrazine groups is 1. The number of nitrogens with zero attached hydrogens (tertiary/aromatic N) is 4. The molecule has 2 aliphatic rings. The van der Waals surface area contributed by atoms with Gasteiger partial charge in [-0.3, -0.25) is 10.2 Å². The van der Waals surface area contributed by atoms with Gasteiger partial charge in [0, 0.05) is 29.9 Å². The topological polar surface area (TPSA) is 141 Å². The molecule has 222 valence electrons. The van der Waals surface area contributed by atoms with Gasteiger partial charge in [0.25, 0.3) is 5.91 Å². The van der Waals surface area contributed by atoms with Crippen LogP contribution in [0.1, 0.15) is 40.3 Å². The van der Waals surface area contributed by atoms with Crippen LogP contribution in [0.25, 0.3) is 21.6 Å². The predicted octanol–water partition coefficient (Wildman–Crippen LogP) is 5.41. The molecule has 3 N–H and O–H groups in total. The van der Waals surface area contributed by atoms with E-state index >= 15 is 0 Å². The lowest BCUT2D eigenvalue weighted by Gasteiger charge is -2.26. The molecule has 1 aliphatic carbocycles. The van der Waals surface area contributed by atoms with E-state index in [0.29, 0.717) is 30.2 Å². The van der Waals surface area contributed by atoms with Crippen molar-refractivity contribution in [1.82, 2.24) is 10.9 Å². The van der Waals surface area contributed by atoms with E-state index in [9.17, 15) is 4.79 Å². The Morgan fingerprint density at radius 2 is 1.64 bits per heavy atom. The molecule has 44 heavy (non-hydrogen) atoms. The van der Waals surface area contributed by atoms with Gasteiger partial charge in [-0.1, -0.05) is 77.9 Å². The molecule has 0 saturated heterocycles. The van der Waals surface area contributed by atoms with Gasteiger partial charge in [0.1, 0.15) is 12.4 Å². The first-order valence-electron chi connectivity index (χ1n) is 14.5. The minimum absolute atomic E-state index is 0.0261. The van der Waals surface area contributed by atoms with Crippen molar-refractivity contribution in [3.63, 3.8) is 0 Å². The number of nitrogens with one attached hydrogen (secondary N) is 2. The molecule has 4 aromatic carbocycles. The van der Waals surface area contributed by atoms with Crippen LogP contribution in [0.2, 0.25) is 0 Å². The molecule has 0 bridgehead atoms. The van der Waals surface area contributed by atoms with Gasteiger partial charge in [-0.2, -0.15) is 0 Å². The first kappa shape index (κ1) is 28.9. The van der Waals surface area contributed by atoms with Crippen molar-refractivity contribution in [3.05, 3.63) is 135 Å². The smallest absolute Gasteiger partial charge is 0.266 e. The number of aliphatic hydroxyl groups is 1. The van der Waals surface area contributed by atoms with Crippen LogP contribution in [0.15, 0.2) is 107 Å². The third kappa shape index (κ3) is 5.87. The maximum atomic E-state index is 14.2. The second-order valence-electron chi connectivity index (χ2n) is 10.7. The molecular weight excluding hydrogens is 556 g/mol. The molecule has 10 nitrogen and oxygen atoms in total. The van der Waals surface area contributed by atoms with Crippen molar-refractivity contribution in [1.29, 1.82) is 0 Å². The van der Waals surface area contributed by atoms with Gasteiger partial charge in [-0.15, -0.1) is 0 Å². The Kier molecular flexibility index (Phi) is 8.56. The summed E-state index contributed by atoms with van der Waals surface area (Å²) in [7, 11) is 0. The van der Waals surface area contributed by atoms with Crippen molar-refractivity contribution in [2.24, 2.45) is 10.1 Å². The van der Waals surface area contributed by atoms with E-state index in [0.717, 1.165) is 33.4 Å². The number of aliphatic imine (C=N–C) groups is 1. The van der Waals surface area contributed by atoms with E-state index in [1.807, 2.05) is 72.8 Å². The molecule has 0 radical (unpaired) electrons. The number of carbonyl (C=O) groups is 1. The standard InChI is InChI=1S/C34H32N6O4/c35-40-36-21-25-9-2-1-8-24(25)20-34(22-44-32(37-34)23-14-16-26(17-15-23)43-19-7-18-41)33(42)39-38-31-29-12-5-3-10-27(29)28-11-4-6-13-30(28)31/h1-6,8-17,31,38,41H,7,18-22H2,(H,39,42)/t34-/m0/s1. The van der Waals surface area contributed by atoms with Gasteiger partial charge in [-0.05, 0) is 63.2 Å². The number of ether oxygens (including phenoxy) is 2. The zero-order valence-electron chi connectivity index (χ0n) is 24.0. The molecule has 1 amide bonds. The number of azide groups is 1. The molecule has 6 rings (SSSR count). The third-order valence-corrected chi connectivity index (χ3v) is 7.93. The molecule has 1 aliphatic heterocycles. The molecule has 10 heteroatoms. The van der Waals surface area contributed by atoms with Crippen molar-refractivity contribution in [2.75, 3.05) is 19.8 Å². The second kappa shape index (κ2) is 13.0. The molecule has 0 spiro atoms. The number of amides is 1. The maximum Gasteiger partial charge on any atom is 0.266 e. The van der Waals surface area contributed by atoms with Crippen LogP contribution < -0.4 is 15.6 Å². The molecule has 0 unspecified atom stereocenters. The van der Waals surface area contributed by atoms with Crippen molar-refractivity contribution >= 4 is 11.8 Å². The molecule has 1 atom stereocenters. The summed E-state index contributed by atoms with van der Waals surface area (Å²) in [4.78, 5) is 22.0. The minimum Gasteiger partial charge on any atom is -0.494 e. The highest BCUT2D eigenvalue weighted by atomic mass is 16.5. The zero-order chi connectivity index (χ0) is 30.4. The predicted molar refractivity (Wildman–Crippen MR) is 167 cm³/mol. The van der Waals surface area contributed by atoms with Crippen LogP contribution in [0.4, 0.5) is 0 Å². The van der Waals surface area contributed by atoms with Crippen molar-refractivity contribution in [3.8, 4) is 16.9 Å². The first-order valence-corrected chi connectivity index (χ1v) is 14.5. The van der Waals surface area contributed by atoms with E-state index < -0.39 is 5.54 Å². The summed E-state index contributed by atoms with van der Waals surface area (Å²) in [5.74, 6) is 0.682. The SMILES string of the molecule is [N-]=[N+]=NCc1ccccc1C[C@@]1(C(=O)NNC2c3ccccc3-c3ccccc32)COC(c2ccc(OCCCO)cc2)=N1. The quantitative estimate of drug-likeness (QED) is 0.0668. The monoisotopic (exact) mass is 588 g/mol. The molecule has 1 heterocycles. The molecule has 0 aromatic heterocycles. The fourth-order valence-corrected chi connectivity index (χ4v) is 5.70. The average molecular weight is 589 g/mol. The average Bonchev–Trinajstić information content (AvgIpc) is 3.64. The van der Waals surface area contributed by atoms with Gasteiger partial charge >= 0.3 is 0 Å². The van der Waals surface area contributed by atoms with Crippen LogP contribution in [0.5, 0.6) is 5.75 Å². The minimum atomic E-state index is -1.29.